The Bertz CT molecular complexity index is 213. The van der Waals surface area contributed by atoms with Crippen LogP contribution in [0.15, 0.2) is 0 Å². The lowest BCUT2D eigenvalue weighted by Crippen LogP contribution is -2.15. The van der Waals surface area contributed by atoms with Crippen molar-refractivity contribution in [3.05, 3.63) is 0 Å². The largest absolute Gasteiger partial charge is 0.481 e. The number of hydrogen-bond acceptors (Lipinski definition) is 1. The fourth-order valence-corrected chi connectivity index (χ4v) is 2.88. The first-order valence-electron chi connectivity index (χ1n) is 7.09. The van der Waals surface area contributed by atoms with Crippen molar-refractivity contribution in [1.82, 2.24) is 0 Å². The standard InChI is InChI=1S/C15H30O2/c1-6-7-11(2)8-12(3)9-13(4)10-14(5)15(16)17/h11-14H,6-10H2,1-5H3,(H,16,17)/t11-,12-,13-,14-/m0/s1. The van der Waals surface area contributed by atoms with E-state index < -0.39 is 5.97 Å². The number of carboxylic acid groups (broad SMARTS) is 1. The van der Waals surface area contributed by atoms with Crippen molar-refractivity contribution in [2.45, 2.75) is 66.7 Å². The van der Waals surface area contributed by atoms with E-state index in [2.05, 4.69) is 27.7 Å². The van der Waals surface area contributed by atoms with Gasteiger partial charge in [0.25, 0.3) is 0 Å². The van der Waals surface area contributed by atoms with E-state index >= 15 is 0 Å². The lowest BCUT2D eigenvalue weighted by Gasteiger charge is -2.21. The lowest BCUT2D eigenvalue weighted by atomic mass is 9.85. The molecule has 0 rings (SSSR count). The van der Waals surface area contributed by atoms with Crippen LogP contribution in [0.5, 0.6) is 0 Å². The second kappa shape index (κ2) is 8.54. The molecule has 2 nitrogen and oxygen atoms in total. The number of hydrogen-bond donors (Lipinski definition) is 1. The third kappa shape index (κ3) is 8.23. The van der Waals surface area contributed by atoms with E-state index in [1.165, 1.54) is 19.3 Å². The molecule has 0 radical (unpaired) electrons. The molecule has 1 N–H and O–H groups in total. The van der Waals surface area contributed by atoms with Gasteiger partial charge in [-0.15, -0.1) is 0 Å². The molecule has 0 saturated carbocycles. The molecule has 2 heteroatoms. The Kier molecular flexibility index (Phi) is 8.28. The third-order valence-electron chi connectivity index (χ3n) is 3.57. The van der Waals surface area contributed by atoms with Gasteiger partial charge in [0.15, 0.2) is 0 Å². The minimum Gasteiger partial charge on any atom is -0.481 e. The first kappa shape index (κ1) is 16.5. The van der Waals surface area contributed by atoms with Crippen LogP contribution in [0.2, 0.25) is 0 Å². The van der Waals surface area contributed by atoms with Crippen LogP contribution in [0.25, 0.3) is 0 Å². The predicted octanol–water partition coefficient (Wildman–Crippen LogP) is 4.59. The van der Waals surface area contributed by atoms with Crippen LogP contribution < -0.4 is 0 Å². The van der Waals surface area contributed by atoms with Gasteiger partial charge in [0.2, 0.25) is 0 Å². The number of carbonyl (C=O) groups is 1. The zero-order valence-corrected chi connectivity index (χ0v) is 12.2. The van der Waals surface area contributed by atoms with Gasteiger partial charge in [-0.1, -0.05) is 47.5 Å². The van der Waals surface area contributed by atoms with Crippen LogP contribution in [-0.2, 0) is 4.79 Å². The number of aliphatic carboxylic acids is 1. The summed E-state index contributed by atoms with van der Waals surface area (Å²) in [7, 11) is 0. The molecule has 0 saturated heterocycles. The molecule has 0 spiro atoms. The molecule has 4 atom stereocenters. The Hall–Kier alpha value is -0.530. The SMILES string of the molecule is CCC[C@H](C)C[C@H](C)C[C@H](C)C[C@H](C)C(=O)O. The molecule has 0 aromatic heterocycles. The average Bonchev–Trinajstić information content (AvgIpc) is 2.16. The molecule has 0 aromatic rings. The van der Waals surface area contributed by atoms with Crippen molar-refractivity contribution in [2.75, 3.05) is 0 Å². The minimum atomic E-state index is -0.663. The van der Waals surface area contributed by atoms with Gasteiger partial charge in [0, 0.05) is 0 Å². The lowest BCUT2D eigenvalue weighted by molar-refractivity contribution is -0.141. The van der Waals surface area contributed by atoms with E-state index in [-0.39, 0.29) is 5.92 Å². The third-order valence-corrected chi connectivity index (χ3v) is 3.57. The molecule has 0 aromatic carbocycles. The molecular weight excluding hydrogens is 212 g/mol. The molecule has 0 aliphatic rings. The first-order chi connectivity index (χ1) is 7.86. The fourth-order valence-electron chi connectivity index (χ4n) is 2.88. The zero-order chi connectivity index (χ0) is 13.4. The smallest absolute Gasteiger partial charge is 0.306 e. The van der Waals surface area contributed by atoms with Crippen molar-refractivity contribution in [3.8, 4) is 0 Å². The number of rotatable bonds is 9. The summed E-state index contributed by atoms with van der Waals surface area (Å²) in [6.07, 6.45) is 5.82. The van der Waals surface area contributed by atoms with Crippen molar-refractivity contribution >= 4 is 5.97 Å². The predicted molar refractivity (Wildman–Crippen MR) is 73.1 cm³/mol. The van der Waals surface area contributed by atoms with Crippen molar-refractivity contribution < 1.29 is 9.90 Å². The number of carboxylic acids is 1. The molecule has 0 aliphatic carbocycles. The monoisotopic (exact) mass is 242 g/mol. The van der Waals surface area contributed by atoms with Crippen molar-refractivity contribution in [1.29, 1.82) is 0 Å². The van der Waals surface area contributed by atoms with Crippen LogP contribution >= 0.6 is 0 Å². The molecule has 0 heterocycles. The van der Waals surface area contributed by atoms with Gasteiger partial charge in [-0.25, -0.2) is 0 Å². The van der Waals surface area contributed by atoms with Crippen LogP contribution in [0.1, 0.15) is 66.7 Å². The van der Waals surface area contributed by atoms with E-state index in [9.17, 15) is 4.79 Å². The summed E-state index contributed by atoms with van der Waals surface area (Å²) < 4.78 is 0. The van der Waals surface area contributed by atoms with Crippen LogP contribution in [0, 0.1) is 23.7 Å². The van der Waals surface area contributed by atoms with E-state index in [1.54, 1.807) is 0 Å². The highest BCUT2D eigenvalue weighted by atomic mass is 16.4. The van der Waals surface area contributed by atoms with E-state index in [0.29, 0.717) is 11.8 Å². The Morgan fingerprint density at radius 3 is 1.88 bits per heavy atom. The topological polar surface area (TPSA) is 37.3 Å². The molecule has 102 valence electrons. The first-order valence-corrected chi connectivity index (χ1v) is 7.09. The minimum absolute atomic E-state index is 0.203. The second-order valence-electron chi connectivity index (χ2n) is 6.05. The van der Waals surface area contributed by atoms with Gasteiger partial charge in [0.1, 0.15) is 0 Å². The summed E-state index contributed by atoms with van der Waals surface area (Å²) in [5, 5.41) is 8.88. The summed E-state index contributed by atoms with van der Waals surface area (Å²) in [6, 6.07) is 0. The van der Waals surface area contributed by atoms with Gasteiger partial charge in [-0.2, -0.15) is 0 Å². The highest BCUT2D eigenvalue weighted by molar-refractivity contribution is 5.69. The van der Waals surface area contributed by atoms with Crippen LogP contribution in [-0.4, -0.2) is 11.1 Å². The molecule has 17 heavy (non-hydrogen) atoms. The van der Waals surface area contributed by atoms with Gasteiger partial charge in [-0.05, 0) is 37.0 Å². The van der Waals surface area contributed by atoms with Gasteiger partial charge < -0.3 is 5.11 Å². The van der Waals surface area contributed by atoms with Crippen molar-refractivity contribution in [3.63, 3.8) is 0 Å². The van der Waals surface area contributed by atoms with Crippen molar-refractivity contribution in [2.24, 2.45) is 23.7 Å². The summed E-state index contributed by atoms with van der Waals surface area (Å²) in [4.78, 5) is 10.8. The van der Waals surface area contributed by atoms with Gasteiger partial charge in [0.05, 0.1) is 5.92 Å². The van der Waals surface area contributed by atoms with Crippen LogP contribution in [0.3, 0.4) is 0 Å². The molecule has 0 amide bonds. The molecule has 0 aliphatic heterocycles. The zero-order valence-electron chi connectivity index (χ0n) is 12.2. The van der Waals surface area contributed by atoms with E-state index in [4.69, 9.17) is 5.11 Å². The average molecular weight is 242 g/mol. The fraction of sp³-hybridized carbons (Fsp3) is 0.933. The molecule has 0 fully saturated rings. The molecular formula is C15H30O2. The maximum atomic E-state index is 10.8. The van der Waals surface area contributed by atoms with E-state index in [0.717, 1.165) is 18.8 Å². The molecule has 0 bridgehead atoms. The maximum absolute atomic E-state index is 10.8. The highest BCUT2D eigenvalue weighted by Gasteiger charge is 2.17. The Balaban J connectivity index is 3.86. The quantitative estimate of drug-likeness (QED) is 0.642. The van der Waals surface area contributed by atoms with Gasteiger partial charge >= 0.3 is 5.97 Å². The molecule has 0 unspecified atom stereocenters. The summed E-state index contributed by atoms with van der Waals surface area (Å²) in [6.45, 7) is 10.8. The summed E-state index contributed by atoms with van der Waals surface area (Å²) in [5.41, 5.74) is 0. The van der Waals surface area contributed by atoms with Crippen LogP contribution in [0.4, 0.5) is 0 Å². The Labute approximate surface area is 107 Å². The second-order valence-corrected chi connectivity index (χ2v) is 6.05. The maximum Gasteiger partial charge on any atom is 0.306 e. The van der Waals surface area contributed by atoms with E-state index in [1.807, 2.05) is 6.92 Å². The highest BCUT2D eigenvalue weighted by Crippen LogP contribution is 2.25. The summed E-state index contributed by atoms with van der Waals surface area (Å²) >= 11 is 0. The Morgan fingerprint density at radius 2 is 1.41 bits per heavy atom. The Morgan fingerprint density at radius 1 is 0.941 bits per heavy atom. The summed E-state index contributed by atoms with van der Waals surface area (Å²) in [5.74, 6) is 1.17. The normalized spacial score (nSPS) is 18.4. The van der Waals surface area contributed by atoms with Gasteiger partial charge in [-0.3, -0.25) is 4.79 Å².